The average Bonchev–Trinajstić information content (AvgIpc) is 3.09. The normalized spacial score (nSPS) is 11.6. The molecule has 8 nitrogen and oxygen atoms in total. The van der Waals surface area contributed by atoms with Crippen molar-refractivity contribution in [3.05, 3.63) is 53.9 Å². The van der Waals surface area contributed by atoms with Crippen LogP contribution in [0.4, 0.5) is 10.3 Å². The number of nitrogens with zero attached hydrogens (tertiary/aromatic N) is 5. The fraction of sp³-hybridized carbons (Fsp3) is 0.214. The smallest absolute Gasteiger partial charge is 0.267 e. The molecule has 0 aliphatic heterocycles. The molecule has 0 bridgehead atoms. The summed E-state index contributed by atoms with van der Waals surface area (Å²) in [6.07, 6.45) is 2.59. The van der Waals surface area contributed by atoms with Crippen molar-refractivity contribution in [3.63, 3.8) is 0 Å². The van der Waals surface area contributed by atoms with Crippen LogP contribution in [0.5, 0.6) is 0 Å². The Morgan fingerprint density at radius 1 is 1.29 bits per heavy atom. The van der Waals surface area contributed by atoms with Crippen LogP contribution in [-0.2, 0) is 23.6 Å². The van der Waals surface area contributed by atoms with E-state index < -0.39 is 10.0 Å². The van der Waals surface area contributed by atoms with Gasteiger partial charge in [0.25, 0.3) is 16.0 Å². The second-order valence-electron chi connectivity index (χ2n) is 5.18. The molecule has 0 amide bonds. The van der Waals surface area contributed by atoms with Gasteiger partial charge in [0.15, 0.2) is 0 Å². The molecule has 0 saturated carbocycles. The maximum Gasteiger partial charge on any atom is 0.267 e. The number of nitrogens with one attached hydrogen (secondary N) is 1. The van der Waals surface area contributed by atoms with Gasteiger partial charge in [-0.25, -0.2) is 22.2 Å². The zero-order valence-electron chi connectivity index (χ0n) is 13.0. The van der Waals surface area contributed by atoms with Crippen LogP contribution in [0.1, 0.15) is 11.3 Å². The molecule has 0 atom stereocenters. The van der Waals surface area contributed by atoms with E-state index in [0.29, 0.717) is 11.3 Å². The third-order valence-electron chi connectivity index (χ3n) is 3.53. The van der Waals surface area contributed by atoms with E-state index in [1.807, 2.05) is 0 Å². The first-order valence-corrected chi connectivity index (χ1v) is 8.49. The summed E-state index contributed by atoms with van der Waals surface area (Å²) in [5.41, 5.74) is 0.924. The van der Waals surface area contributed by atoms with Crippen molar-refractivity contribution < 1.29 is 12.8 Å². The fourth-order valence-corrected chi connectivity index (χ4v) is 3.29. The van der Waals surface area contributed by atoms with Gasteiger partial charge in [0.1, 0.15) is 17.0 Å². The number of hydrogen-bond acceptors (Lipinski definition) is 5. The lowest BCUT2D eigenvalue weighted by atomic mass is 10.2. The second-order valence-corrected chi connectivity index (χ2v) is 6.83. The van der Waals surface area contributed by atoms with E-state index in [-0.39, 0.29) is 23.2 Å². The van der Waals surface area contributed by atoms with E-state index in [4.69, 9.17) is 0 Å². The first-order chi connectivity index (χ1) is 11.4. The quantitative estimate of drug-likeness (QED) is 0.749. The largest absolute Gasteiger partial charge is 0.272 e. The second kappa shape index (κ2) is 6.04. The van der Waals surface area contributed by atoms with E-state index in [2.05, 4.69) is 19.9 Å². The first kappa shape index (κ1) is 16.1. The van der Waals surface area contributed by atoms with Gasteiger partial charge >= 0.3 is 0 Å². The third-order valence-corrected chi connectivity index (χ3v) is 4.96. The van der Waals surface area contributed by atoms with Crippen molar-refractivity contribution in [1.29, 1.82) is 0 Å². The van der Waals surface area contributed by atoms with Gasteiger partial charge in [0, 0.05) is 12.6 Å². The molecule has 0 unspecified atom stereocenters. The van der Waals surface area contributed by atoms with Gasteiger partial charge in [-0.2, -0.15) is 10.1 Å². The summed E-state index contributed by atoms with van der Waals surface area (Å²) in [7, 11) is -2.19. The molecule has 0 aliphatic rings. The summed E-state index contributed by atoms with van der Waals surface area (Å²) < 4.78 is 43.4. The molecule has 24 heavy (non-hydrogen) atoms. The average molecular weight is 350 g/mol. The van der Waals surface area contributed by atoms with Crippen LogP contribution >= 0.6 is 0 Å². The van der Waals surface area contributed by atoms with Crippen molar-refractivity contribution >= 4 is 16.0 Å². The van der Waals surface area contributed by atoms with Crippen molar-refractivity contribution in [2.24, 2.45) is 7.05 Å². The number of benzene rings is 1. The fourth-order valence-electron chi connectivity index (χ4n) is 2.14. The predicted molar refractivity (Wildman–Crippen MR) is 84.3 cm³/mol. The minimum absolute atomic E-state index is 0.0513. The molecule has 0 saturated heterocycles. The van der Waals surface area contributed by atoms with Crippen LogP contribution in [-0.4, -0.2) is 33.0 Å². The molecule has 1 aromatic carbocycles. The summed E-state index contributed by atoms with van der Waals surface area (Å²) in [5.74, 6) is -0.448. The summed E-state index contributed by atoms with van der Waals surface area (Å²) in [6.45, 7) is 1.79. The Bertz CT molecular complexity index is 979. The molecular formula is C14H15FN6O2S. The zero-order valence-corrected chi connectivity index (χ0v) is 13.8. The van der Waals surface area contributed by atoms with Gasteiger partial charge < -0.3 is 0 Å². The number of aromatic nitrogens is 5. The van der Waals surface area contributed by atoms with Crippen LogP contribution < -0.4 is 4.72 Å². The Morgan fingerprint density at radius 3 is 2.71 bits per heavy atom. The lowest BCUT2D eigenvalue weighted by molar-refractivity contribution is 0.584. The molecule has 1 N–H and O–H groups in total. The molecule has 10 heteroatoms. The number of halogens is 1. The number of hydrogen-bond donors (Lipinski definition) is 1. The van der Waals surface area contributed by atoms with Gasteiger partial charge in [0.2, 0.25) is 0 Å². The molecular weight excluding hydrogens is 335 g/mol. The maximum absolute atomic E-state index is 13.6. The molecule has 0 fully saturated rings. The molecule has 126 valence electrons. The van der Waals surface area contributed by atoms with E-state index >= 15 is 0 Å². The van der Waals surface area contributed by atoms with Crippen molar-refractivity contribution in [2.45, 2.75) is 18.4 Å². The monoisotopic (exact) mass is 350 g/mol. The highest BCUT2D eigenvalue weighted by molar-refractivity contribution is 7.92. The lowest BCUT2D eigenvalue weighted by Crippen LogP contribution is -2.15. The summed E-state index contributed by atoms with van der Waals surface area (Å²) in [5, 5.41) is 7.92. The highest BCUT2D eigenvalue weighted by Gasteiger charge is 2.21. The lowest BCUT2D eigenvalue weighted by Gasteiger charge is -2.04. The van der Waals surface area contributed by atoms with Gasteiger partial charge in [-0.05, 0) is 13.0 Å². The molecule has 3 rings (SSSR count). The third kappa shape index (κ3) is 3.13. The Kier molecular flexibility index (Phi) is 4.06. The van der Waals surface area contributed by atoms with Crippen LogP contribution in [0.25, 0.3) is 0 Å². The first-order valence-electron chi connectivity index (χ1n) is 7.01. The van der Waals surface area contributed by atoms with Crippen molar-refractivity contribution in [1.82, 2.24) is 24.5 Å². The standard InChI is InChI=1S/C14H15FN6O2S/c1-10-13(7-17-20(10)2)24(22,23)19-14-16-9-21(18-14)8-11-5-3-4-6-12(11)15/h3-7,9H,8H2,1-2H3,(H,18,19). The molecule has 3 aromatic rings. The Hall–Kier alpha value is -2.75. The molecule has 2 aromatic heterocycles. The summed E-state index contributed by atoms with van der Waals surface area (Å²) in [4.78, 5) is 3.95. The minimum atomic E-state index is -3.84. The van der Waals surface area contributed by atoms with Gasteiger partial charge in [-0.1, -0.05) is 18.2 Å². The van der Waals surface area contributed by atoms with Gasteiger partial charge in [0.05, 0.1) is 18.4 Å². The number of rotatable bonds is 5. The number of anilines is 1. The predicted octanol–water partition coefficient (Wildman–Crippen LogP) is 1.31. The van der Waals surface area contributed by atoms with E-state index in [9.17, 15) is 12.8 Å². The topological polar surface area (TPSA) is 94.7 Å². The Labute approximate surface area is 138 Å². The van der Waals surface area contributed by atoms with E-state index in [1.165, 1.54) is 28.0 Å². The Balaban J connectivity index is 1.79. The molecule has 0 spiro atoms. The number of sulfonamides is 1. The zero-order chi connectivity index (χ0) is 17.3. The SMILES string of the molecule is Cc1c(S(=O)(=O)Nc2ncn(Cc3ccccc3F)n2)cnn1C. The van der Waals surface area contributed by atoms with E-state index in [1.54, 1.807) is 32.2 Å². The Morgan fingerprint density at radius 2 is 2.04 bits per heavy atom. The van der Waals surface area contributed by atoms with Crippen molar-refractivity contribution in [2.75, 3.05) is 4.72 Å². The van der Waals surface area contributed by atoms with Gasteiger partial charge in [-0.15, -0.1) is 5.10 Å². The highest BCUT2D eigenvalue weighted by atomic mass is 32.2. The van der Waals surface area contributed by atoms with E-state index in [0.717, 1.165) is 0 Å². The molecule has 2 heterocycles. The molecule has 0 radical (unpaired) electrons. The summed E-state index contributed by atoms with van der Waals surface area (Å²) >= 11 is 0. The van der Waals surface area contributed by atoms with Gasteiger partial charge in [-0.3, -0.25) is 4.68 Å². The maximum atomic E-state index is 13.6. The van der Waals surface area contributed by atoms with Crippen LogP contribution in [0.15, 0.2) is 41.7 Å². The minimum Gasteiger partial charge on any atom is -0.272 e. The van der Waals surface area contributed by atoms with Crippen LogP contribution in [0, 0.1) is 12.7 Å². The van der Waals surface area contributed by atoms with Crippen LogP contribution in [0.2, 0.25) is 0 Å². The highest BCUT2D eigenvalue weighted by Crippen LogP contribution is 2.16. The van der Waals surface area contributed by atoms with Crippen molar-refractivity contribution in [3.8, 4) is 0 Å². The molecule has 0 aliphatic carbocycles. The summed E-state index contributed by atoms with van der Waals surface area (Å²) in [6, 6.07) is 6.28. The number of aryl methyl sites for hydroxylation is 1. The van der Waals surface area contributed by atoms with Crippen LogP contribution in [0.3, 0.4) is 0 Å².